The first-order valence-electron chi connectivity index (χ1n) is 14.0. The maximum Gasteiger partial charge on any atom is 0.305 e. The van der Waals surface area contributed by atoms with Crippen LogP contribution in [0.5, 0.6) is 0 Å². The van der Waals surface area contributed by atoms with Crippen LogP contribution in [0.25, 0.3) is 0 Å². The molecule has 0 saturated carbocycles. The monoisotopic (exact) mass is 552 g/mol. The molecule has 12 heteroatoms. The molecule has 0 aromatic carbocycles. The summed E-state index contributed by atoms with van der Waals surface area (Å²) in [5, 5.41) is 70.0. The summed E-state index contributed by atoms with van der Waals surface area (Å²) in [6.45, 7) is 1.11. The summed E-state index contributed by atoms with van der Waals surface area (Å²) in [7, 11) is 0. The van der Waals surface area contributed by atoms with E-state index in [9.17, 15) is 40.5 Å². The van der Waals surface area contributed by atoms with Crippen molar-refractivity contribution >= 4 is 5.97 Å². The Labute approximate surface area is 224 Å². The molecule has 0 aliphatic carbocycles. The second kappa shape index (κ2) is 17.7. The largest absolute Gasteiger partial charge is 0.463 e. The lowest BCUT2D eigenvalue weighted by Crippen LogP contribution is -2.64. The maximum atomic E-state index is 12.2. The zero-order chi connectivity index (χ0) is 28.1. The van der Waals surface area contributed by atoms with E-state index in [-0.39, 0.29) is 6.42 Å². The molecule has 2 rings (SSSR count). The summed E-state index contributed by atoms with van der Waals surface area (Å²) >= 11 is 0. The lowest BCUT2D eigenvalue weighted by atomic mass is 9.97. The molecule has 2 fully saturated rings. The minimum Gasteiger partial charge on any atom is -0.463 e. The normalized spacial score (nSPS) is 35.8. The fourth-order valence-corrected chi connectivity index (χ4v) is 4.74. The van der Waals surface area contributed by atoms with E-state index in [1.165, 1.54) is 44.9 Å². The number of aliphatic hydroxyl groups excluding tert-OH is 7. The third kappa shape index (κ3) is 10.2. The Morgan fingerprint density at radius 1 is 0.684 bits per heavy atom. The second-order valence-electron chi connectivity index (χ2n) is 10.3. The molecule has 0 bridgehead atoms. The van der Waals surface area contributed by atoms with Gasteiger partial charge in [0.15, 0.2) is 12.6 Å². The summed E-state index contributed by atoms with van der Waals surface area (Å²) in [4.78, 5) is 12.2. The van der Waals surface area contributed by atoms with Gasteiger partial charge in [-0.2, -0.15) is 0 Å². The van der Waals surface area contributed by atoms with Gasteiger partial charge in [0, 0.05) is 6.42 Å². The molecule has 2 aliphatic heterocycles. The van der Waals surface area contributed by atoms with Gasteiger partial charge in [-0.25, -0.2) is 0 Å². The molecule has 38 heavy (non-hydrogen) atoms. The van der Waals surface area contributed by atoms with Gasteiger partial charge in [0.25, 0.3) is 0 Å². The van der Waals surface area contributed by atoms with Gasteiger partial charge in [-0.05, 0) is 6.42 Å². The van der Waals surface area contributed by atoms with Crippen molar-refractivity contribution < 1.29 is 59.5 Å². The SMILES string of the molecule is CCCCCCCCCCCCCC(=O)OC[C@H]1O[C@H](O[C@H]2[C@H](O)[C@@H](O)C(O)O[C@@H]2CO)[C@H](O)[C@@H](O)[C@@H]1O. The summed E-state index contributed by atoms with van der Waals surface area (Å²) in [5.41, 5.74) is 0. The Bertz CT molecular complexity index is 650. The van der Waals surface area contributed by atoms with Crippen LogP contribution in [0, 0.1) is 0 Å². The first kappa shape index (κ1) is 33.3. The van der Waals surface area contributed by atoms with E-state index in [0.717, 1.165) is 19.3 Å². The number of rotatable bonds is 17. The zero-order valence-electron chi connectivity index (χ0n) is 22.3. The van der Waals surface area contributed by atoms with Crippen LogP contribution in [0.4, 0.5) is 0 Å². The van der Waals surface area contributed by atoms with Gasteiger partial charge in [-0.15, -0.1) is 0 Å². The van der Waals surface area contributed by atoms with Gasteiger partial charge < -0.3 is 54.7 Å². The Hall–Kier alpha value is -0.930. The zero-order valence-corrected chi connectivity index (χ0v) is 22.3. The van der Waals surface area contributed by atoms with Crippen LogP contribution in [0.3, 0.4) is 0 Å². The molecule has 2 heterocycles. The summed E-state index contributed by atoms with van der Waals surface area (Å²) < 4.78 is 21.2. The number of esters is 1. The lowest BCUT2D eigenvalue weighted by molar-refractivity contribution is -0.355. The number of hydrogen-bond acceptors (Lipinski definition) is 12. The van der Waals surface area contributed by atoms with Crippen LogP contribution in [-0.4, -0.2) is 116 Å². The van der Waals surface area contributed by atoms with E-state index >= 15 is 0 Å². The highest BCUT2D eigenvalue weighted by atomic mass is 16.7. The minimum atomic E-state index is -1.76. The second-order valence-corrected chi connectivity index (χ2v) is 10.3. The molecule has 1 unspecified atom stereocenters. The van der Waals surface area contributed by atoms with Gasteiger partial charge in [0.05, 0.1) is 6.61 Å². The standard InChI is InChI=1S/C26H48O12/c1-2-3-4-5-6-7-8-9-10-11-12-13-18(28)35-15-17-19(29)20(30)23(33)26(37-17)38-24-16(14-27)36-25(34)22(32)21(24)31/h16-17,19-27,29-34H,2-15H2,1H3/t16-,17-,19-,20+,21-,22-,23-,24-,25?,26-/m1/s1. The molecule has 224 valence electrons. The summed E-state index contributed by atoms with van der Waals surface area (Å²) in [6, 6.07) is 0. The van der Waals surface area contributed by atoms with Gasteiger partial charge >= 0.3 is 5.97 Å². The number of unbranched alkanes of at least 4 members (excludes halogenated alkanes) is 10. The van der Waals surface area contributed by atoms with Crippen LogP contribution in [0.1, 0.15) is 84.0 Å². The number of ether oxygens (including phenoxy) is 4. The average Bonchev–Trinajstić information content (AvgIpc) is 2.91. The van der Waals surface area contributed by atoms with Crippen LogP contribution < -0.4 is 0 Å². The van der Waals surface area contributed by atoms with Crippen molar-refractivity contribution in [2.24, 2.45) is 0 Å². The average molecular weight is 553 g/mol. The predicted molar refractivity (Wildman–Crippen MR) is 134 cm³/mol. The van der Waals surface area contributed by atoms with E-state index in [4.69, 9.17) is 18.9 Å². The van der Waals surface area contributed by atoms with Crippen LogP contribution in [0.2, 0.25) is 0 Å². The van der Waals surface area contributed by atoms with E-state index in [2.05, 4.69) is 6.92 Å². The Kier molecular flexibility index (Phi) is 15.5. The topological polar surface area (TPSA) is 196 Å². The molecule has 0 spiro atoms. The smallest absolute Gasteiger partial charge is 0.305 e. The van der Waals surface area contributed by atoms with Crippen LogP contribution >= 0.6 is 0 Å². The third-order valence-corrected chi connectivity index (χ3v) is 7.19. The van der Waals surface area contributed by atoms with E-state index in [1.54, 1.807) is 0 Å². The predicted octanol–water partition coefficient (Wildman–Crippen LogP) is -0.145. The number of aliphatic hydroxyl groups is 7. The molecule has 2 saturated heterocycles. The molecular formula is C26H48O12. The fourth-order valence-electron chi connectivity index (χ4n) is 4.74. The number of hydrogen-bond donors (Lipinski definition) is 7. The van der Waals surface area contributed by atoms with Gasteiger partial charge in [0.1, 0.15) is 55.4 Å². The fraction of sp³-hybridized carbons (Fsp3) is 0.962. The summed E-state index contributed by atoms with van der Waals surface area (Å²) in [6.07, 6.45) is -3.02. The van der Waals surface area contributed by atoms with Crippen molar-refractivity contribution in [3.63, 3.8) is 0 Å². The Balaban J connectivity index is 1.71. The number of carbonyl (C=O) groups is 1. The Morgan fingerprint density at radius 3 is 1.84 bits per heavy atom. The third-order valence-electron chi connectivity index (χ3n) is 7.19. The highest BCUT2D eigenvalue weighted by Gasteiger charge is 2.50. The molecule has 2 aliphatic rings. The van der Waals surface area contributed by atoms with Crippen LogP contribution in [-0.2, 0) is 23.7 Å². The molecular weight excluding hydrogens is 504 g/mol. The van der Waals surface area contributed by atoms with E-state index in [1.807, 2.05) is 0 Å². The number of carbonyl (C=O) groups excluding carboxylic acids is 1. The van der Waals surface area contributed by atoms with Crippen molar-refractivity contribution in [1.82, 2.24) is 0 Å². The molecule has 0 aromatic rings. The molecule has 7 N–H and O–H groups in total. The lowest BCUT2D eigenvalue weighted by Gasteiger charge is -2.45. The van der Waals surface area contributed by atoms with Gasteiger partial charge in [-0.1, -0.05) is 71.1 Å². The molecule has 0 radical (unpaired) electrons. The van der Waals surface area contributed by atoms with Gasteiger partial charge in [0.2, 0.25) is 0 Å². The maximum absolute atomic E-state index is 12.2. The van der Waals surface area contributed by atoms with Crippen molar-refractivity contribution in [3.8, 4) is 0 Å². The van der Waals surface area contributed by atoms with Crippen molar-refractivity contribution in [2.75, 3.05) is 13.2 Å². The van der Waals surface area contributed by atoms with E-state index in [0.29, 0.717) is 6.42 Å². The molecule has 10 atom stereocenters. The van der Waals surface area contributed by atoms with Crippen molar-refractivity contribution in [1.29, 1.82) is 0 Å². The highest BCUT2D eigenvalue weighted by molar-refractivity contribution is 5.69. The highest BCUT2D eigenvalue weighted by Crippen LogP contribution is 2.29. The van der Waals surface area contributed by atoms with Gasteiger partial charge in [-0.3, -0.25) is 4.79 Å². The first-order chi connectivity index (χ1) is 18.2. The quantitative estimate of drug-likeness (QED) is 0.0933. The van der Waals surface area contributed by atoms with Crippen molar-refractivity contribution in [3.05, 3.63) is 0 Å². The van der Waals surface area contributed by atoms with Crippen molar-refractivity contribution in [2.45, 2.75) is 145 Å². The molecule has 0 amide bonds. The minimum absolute atomic E-state index is 0.203. The summed E-state index contributed by atoms with van der Waals surface area (Å²) in [5.74, 6) is -0.483. The Morgan fingerprint density at radius 2 is 1.26 bits per heavy atom. The first-order valence-corrected chi connectivity index (χ1v) is 14.0. The van der Waals surface area contributed by atoms with E-state index < -0.39 is 80.6 Å². The molecule has 12 nitrogen and oxygen atoms in total. The van der Waals surface area contributed by atoms with Crippen LogP contribution in [0.15, 0.2) is 0 Å². The molecule has 0 aromatic heterocycles.